The molecule has 4 heteroatoms. The quantitative estimate of drug-likeness (QED) is 0.625. The van der Waals surface area contributed by atoms with E-state index in [1.807, 2.05) is 6.92 Å². The molecule has 0 aromatic heterocycles. The fourth-order valence-corrected chi connectivity index (χ4v) is 2.11. The van der Waals surface area contributed by atoms with Crippen LogP contribution in [0.1, 0.15) is 46.5 Å². The Kier molecular flexibility index (Phi) is 5.40. The van der Waals surface area contributed by atoms with Crippen molar-refractivity contribution >= 4 is 5.91 Å². The highest BCUT2D eigenvalue weighted by molar-refractivity contribution is 5.81. The summed E-state index contributed by atoms with van der Waals surface area (Å²) < 4.78 is 0. The lowest BCUT2D eigenvalue weighted by atomic mass is 9.77. The lowest BCUT2D eigenvalue weighted by molar-refractivity contribution is -0.123. The number of hydrogen-bond donors (Lipinski definition) is 3. The van der Waals surface area contributed by atoms with Gasteiger partial charge in [0.1, 0.15) is 0 Å². The standard InChI is InChI=1S/C13H26N2O2/c1-10(2)5-8-14-12(17)11(3)15-13(9-16)6-4-7-13/h10-11,15-16H,4-9H2,1-3H3,(H,14,17). The number of amides is 1. The minimum Gasteiger partial charge on any atom is -0.394 e. The third-order valence-corrected chi connectivity index (χ3v) is 3.55. The van der Waals surface area contributed by atoms with Gasteiger partial charge in [-0.15, -0.1) is 0 Å². The van der Waals surface area contributed by atoms with Crippen LogP contribution in [-0.2, 0) is 4.79 Å². The predicted molar refractivity (Wildman–Crippen MR) is 68.7 cm³/mol. The summed E-state index contributed by atoms with van der Waals surface area (Å²) in [7, 11) is 0. The zero-order valence-corrected chi connectivity index (χ0v) is 11.3. The van der Waals surface area contributed by atoms with Crippen LogP contribution in [0.25, 0.3) is 0 Å². The molecule has 1 aliphatic carbocycles. The number of carbonyl (C=O) groups is 1. The molecule has 100 valence electrons. The first-order valence-electron chi connectivity index (χ1n) is 6.65. The summed E-state index contributed by atoms with van der Waals surface area (Å²) in [6.45, 7) is 7.00. The molecule has 1 saturated carbocycles. The number of aliphatic hydroxyl groups excluding tert-OH is 1. The molecular weight excluding hydrogens is 216 g/mol. The van der Waals surface area contributed by atoms with Crippen LogP contribution < -0.4 is 10.6 Å². The fourth-order valence-electron chi connectivity index (χ4n) is 2.11. The Balaban J connectivity index is 2.26. The van der Waals surface area contributed by atoms with Gasteiger partial charge in [-0.2, -0.15) is 0 Å². The van der Waals surface area contributed by atoms with Crippen LogP contribution in [0.3, 0.4) is 0 Å². The summed E-state index contributed by atoms with van der Waals surface area (Å²) in [5, 5.41) is 15.5. The number of carbonyl (C=O) groups excluding carboxylic acids is 1. The molecule has 1 amide bonds. The third-order valence-electron chi connectivity index (χ3n) is 3.55. The van der Waals surface area contributed by atoms with E-state index >= 15 is 0 Å². The average Bonchev–Trinajstić information content (AvgIpc) is 2.22. The maximum atomic E-state index is 11.8. The second kappa shape index (κ2) is 6.36. The smallest absolute Gasteiger partial charge is 0.236 e. The molecule has 0 aromatic carbocycles. The van der Waals surface area contributed by atoms with Crippen LogP contribution in [0.2, 0.25) is 0 Å². The molecular formula is C13H26N2O2. The Morgan fingerprint density at radius 1 is 1.35 bits per heavy atom. The largest absolute Gasteiger partial charge is 0.394 e. The second-order valence-corrected chi connectivity index (χ2v) is 5.63. The molecule has 4 nitrogen and oxygen atoms in total. The van der Waals surface area contributed by atoms with Gasteiger partial charge in [-0.3, -0.25) is 10.1 Å². The maximum Gasteiger partial charge on any atom is 0.236 e. The second-order valence-electron chi connectivity index (χ2n) is 5.63. The molecule has 1 rings (SSSR count). The Morgan fingerprint density at radius 2 is 2.00 bits per heavy atom. The third kappa shape index (κ3) is 4.28. The van der Waals surface area contributed by atoms with E-state index in [0.29, 0.717) is 5.92 Å². The van der Waals surface area contributed by atoms with Gasteiger partial charge in [-0.1, -0.05) is 13.8 Å². The summed E-state index contributed by atoms with van der Waals surface area (Å²) in [5.74, 6) is 0.638. The predicted octanol–water partition coefficient (Wildman–Crippen LogP) is 1.04. The van der Waals surface area contributed by atoms with Gasteiger partial charge in [0.15, 0.2) is 0 Å². The SMILES string of the molecule is CC(C)CCNC(=O)C(C)NC1(CO)CCC1. The highest BCUT2D eigenvalue weighted by Gasteiger charge is 2.38. The van der Waals surface area contributed by atoms with E-state index in [9.17, 15) is 9.90 Å². The Hall–Kier alpha value is -0.610. The lowest BCUT2D eigenvalue weighted by Crippen LogP contribution is -2.60. The molecule has 0 aliphatic heterocycles. The minimum atomic E-state index is -0.227. The zero-order valence-electron chi connectivity index (χ0n) is 11.3. The van der Waals surface area contributed by atoms with E-state index in [0.717, 1.165) is 32.2 Å². The van der Waals surface area contributed by atoms with Crippen LogP contribution in [0.15, 0.2) is 0 Å². The number of hydrogen-bond acceptors (Lipinski definition) is 3. The van der Waals surface area contributed by atoms with Crippen molar-refractivity contribution in [3.05, 3.63) is 0 Å². The van der Waals surface area contributed by atoms with Crippen LogP contribution in [0.4, 0.5) is 0 Å². The molecule has 1 fully saturated rings. The molecule has 0 heterocycles. The molecule has 0 radical (unpaired) electrons. The van der Waals surface area contributed by atoms with Crippen molar-refractivity contribution in [1.82, 2.24) is 10.6 Å². The molecule has 17 heavy (non-hydrogen) atoms. The van der Waals surface area contributed by atoms with E-state index in [-0.39, 0.29) is 24.1 Å². The van der Waals surface area contributed by atoms with Crippen molar-refractivity contribution in [2.75, 3.05) is 13.2 Å². The normalized spacial score (nSPS) is 19.8. The number of nitrogens with one attached hydrogen (secondary N) is 2. The molecule has 3 N–H and O–H groups in total. The van der Waals surface area contributed by atoms with Gasteiger partial charge in [0.2, 0.25) is 5.91 Å². The molecule has 1 atom stereocenters. The summed E-state index contributed by atoms with van der Waals surface area (Å²) >= 11 is 0. The van der Waals surface area contributed by atoms with Crippen molar-refractivity contribution in [3.63, 3.8) is 0 Å². The topological polar surface area (TPSA) is 61.4 Å². The van der Waals surface area contributed by atoms with Gasteiger partial charge < -0.3 is 10.4 Å². The van der Waals surface area contributed by atoms with Crippen molar-refractivity contribution in [1.29, 1.82) is 0 Å². The zero-order chi connectivity index (χ0) is 12.9. The highest BCUT2D eigenvalue weighted by Crippen LogP contribution is 2.31. The van der Waals surface area contributed by atoms with Gasteiger partial charge in [-0.25, -0.2) is 0 Å². The molecule has 0 saturated heterocycles. The van der Waals surface area contributed by atoms with Crippen LogP contribution in [0.5, 0.6) is 0 Å². The highest BCUT2D eigenvalue weighted by atomic mass is 16.3. The van der Waals surface area contributed by atoms with Gasteiger partial charge in [0.25, 0.3) is 0 Å². The van der Waals surface area contributed by atoms with Crippen LogP contribution in [0, 0.1) is 5.92 Å². The molecule has 0 bridgehead atoms. The Labute approximate surface area is 104 Å². The van der Waals surface area contributed by atoms with Gasteiger partial charge >= 0.3 is 0 Å². The summed E-state index contributed by atoms with van der Waals surface area (Å²) in [6.07, 6.45) is 4.07. The van der Waals surface area contributed by atoms with Gasteiger partial charge in [0, 0.05) is 12.1 Å². The maximum absolute atomic E-state index is 11.8. The van der Waals surface area contributed by atoms with E-state index in [2.05, 4.69) is 24.5 Å². The van der Waals surface area contributed by atoms with Crippen molar-refractivity contribution in [3.8, 4) is 0 Å². The summed E-state index contributed by atoms with van der Waals surface area (Å²) in [4.78, 5) is 11.8. The average molecular weight is 242 g/mol. The van der Waals surface area contributed by atoms with Crippen LogP contribution in [-0.4, -0.2) is 35.7 Å². The molecule has 1 aliphatic rings. The Morgan fingerprint density at radius 3 is 2.41 bits per heavy atom. The van der Waals surface area contributed by atoms with Crippen LogP contribution >= 0.6 is 0 Å². The molecule has 0 aromatic rings. The number of aliphatic hydroxyl groups is 1. The number of rotatable bonds is 7. The summed E-state index contributed by atoms with van der Waals surface area (Å²) in [5.41, 5.74) is -0.200. The van der Waals surface area contributed by atoms with E-state index in [4.69, 9.17) is 0 Å². The molecule has 0 spiro atoms. The Bertz CT molecular complexity index is 244. The fraction of sp³-hybridized carbons (Fsp3) is 0.923. The van der Waals surface area contributed by atoms with Gasteiger partial charge in [0.05, 0.1) is 12.6 Å². The van der Waals surface area contributed by atoms with Crippen molar-refractivity contribution in [2.45, 2.75) is 58.0 Å². The first kappa shape index (κ1) is 14.5. The van der Waals surface area contributed by atoms with E-state index in [1.54, 1.807) is 0 Å². The molecule has 1 unspecified atom stereocenters. The monoisotopic (exact) mass is 242 g/mol. The van der Waals surface area contributed by atoms with Gasteiger partial charge in [-0.05, 0) is 38.5 Å². The van der Waals surface area contributed by atoms with Crippen molar-refractivity contribution in [2.24, 2.45) is 5.92 Å². The summed E-state index contributed by atoms with van der Waals surface area (Å²) in [6, 6.07) is -0.227. The minimum absolute atomic E-state index is 0.0328. The van der Waals surface area contributed by atoms with E-state index in [1.165, 1.54) is 0 Å². The van der Waals surface area contributed by atoms with E-state index < -0.39 is 0 Å². The first-order valence-corrected chi connectivity index (χ1v) is 6.65. The van der Waals surface area contributed by atoms with Crippen molar-refractivity contribution < 1.29 is 9.90 Å². The first-order chi connectivity index (χ1) is 7.99. The lowest BCUT2D eigenvalue weighted by Gasteiger charge is -2.42.